The second-order valence-corrected chi connectivity index (χ2v) is 7.69. The van der Waals surface area contributed by atoms with Gasteiger partial charge in [-0.15, -0.1) is 0 Å². The summed E-state index contributed by atoms with van der Waals surface area (Å²) in [4.78, 5) is 12.2. The molecular weight excluding hydrogens is 584 g/mol. The van der Waals surface area contributed by atoms with Crippen molar-refractivity contribution in [1.29, 1.82) is 0 Å². The average Bonchev–Trinajstić information content (AvgIpc) is 2.61. The summed E-state index contributed by atoms with van der Waals surface area (Å²) in [6.45, 7) is 0. The highest BCUT2D eigenvalue weighted by atomic mass is 79.9. The minimum atomic E-state index is -6.88. The van der Waals surface area contributed by atoms with Crippen LogP contribution in [-0.2, 0) is 5.67 Å². The molecule has 0 spiro atoms. The zero-order valence-electron chi connectivity index (χ0n) is 14.4. The maximum Gasteiger partial charge on any atom is 0.457 e. The lowest BCUT2D eigenvalue weighted by molar-refractivity contribution is -0.389. The van der Waals surface area contributed by atoms with E-state index in [0.29, 0.717) is 0 Å². The van der Waals surface area contributed by atoms with Gasteiger partial charge in [0.15, 0.2) is 0 Å². The van der Waals surface area contributed by atoms with Gasteiger partial charge in [-0.2, -0.15) is 35.1 Å². The second-order valence-electron chi connectivity index (χ2n) is 5.98. The van der Waals surface area contributed by atoms with Crippen LogP contribution in [0.5, 0.6) is 0 Å². The summed E-state index contributed by atoms with van der Waals surface area (Å²) >= 11 is 5.19. The first-order chi connectivity index (χ1) is 13.9. The molecule has 0 aliphatic heterocycles. The number of halogens is 12. The van der Waals surface area contributed by atoms with Gasteiger partial charge in [0, 0.05) is 14.5 Å². The third-order valence-electron chi connectivity index (χ3n) is 3.98. The lowest BCUT2D eigenvalue weighted by Gasteiger charge is -2.36. The molecule has 31 heavy (non-hydrogen) atoms. The fraction of sp³-hybridized carbons (Fsp3) is 0.235. The van der Waals surface area contributed by atoms with Crippen molar-refractivity contribution in [1.82, 2.24) is 0 Å². The van der Waals surface area contributed by atoms with Crippen molar-refractivity contribution in [3.63, 3.8) is 0 Å². The number of carbonyl (C=O) groups is 1. The Bertz CT molecular complexity index is 982. The van der Waals surface area contributed by atoms with Crippen LogP contribution in [0.25, 0.3) is 0 Å². The molecule has 2 rings (SSSR count). The van der Waals surface area contributed by atoms with Crippen LogP contribution in [0.1, 0.15) is 15.9 Å². The van der Waals surface area contributed by atoms with Crippen molar-refractivity contribution in [2.75, 3.05) is 5.32 Å². The molecule has 0 aromatic heterocycles. The molecule has 1 unspecified atom stereocenters. The van der Waals surface area contributed by atoms with E-state index in [1.54, 1.807) is 0 Å². The van der Waals surface area contributed by atoms with Gasteiger partial charge in [-0.25, -0.2) is 8.78 Å². The first-order valence-corrected chi connectivity index (χ1v) is 9.29. The van der Waals surface area contributed by atoms with E-state index in [0.717, 1.165) is 12.1 Å². The van der Waals surface area contributed by atoms with Crippen molar-refractivity contribution >= 4 is 43.5 Å². The van der Waals surface area contributed by atoms with E-state index < -0.39 is 61.4 Å². The first-order valence-electron chi connectivity index (χ1n) is 7.70. The highest BCUT2D eigenvalue weighted by Crippen LogP contribution is 2.59. The molecule has 2 aromatic rings. The standard InChI is InChI=1S/C17H7Br2F10NO/c18-9-5-7(14(21,16(24,25)26)15(22,23)17(27,28)29)6-10(19)12(9)30-13(31)8-3-1-2-4-11(8)20/h1-6H,(H,30,31). The predicted molar refractivity (Wildman–Crippen MR) is 96.0 cm³/mol. The molecule has 0 aliphatic carbocycles. The quantitative estimate of drug-likeness (QED) is 0.367. The summed E-state index contributed by atoms with van der Waals surface area (Å²) in [5.74, 6) is -8.96. The van der Waals surface area contributed by atoms with Crippen LogP contribution in [0.4, 0.5) is 49.6 Å². The third kappa shape index (κ3) is 4.41. The molecule has 2 aromatic carbocycles. The summed E-state index contributed by atoms with van der Waals surface area (Å²) in [5.41, 5.74) is -9.23. The molecule has 14 heteroatoms. The molecule has 0 aliphatic rings. The topological polar surface area (TPSA) is 29.1 Å². The molecule has 2 nitrogen and oxygen atoms in total. The molecule has 0 saturated heterocycles. The van der Waals surface area contributed by atoms with E-state index >= 15 is 0 Å². The zero-order chi connectivity index (χ0) is 24.0. The number of anilines is 1. The fourth-order valence-electron chi connectivity index (χ4n) is 2.44. The van der Waals surface area contributed by atoms with E-state index in [1.165, 1.54) is 12.1 Å². The van der Waals surface area contributed by atoms with Gasteiger partial charge in [-0.05, 0) is 56.1 Å². The summed E-state index contributed by atoms with van der Waals surface area (Å²) in [5, 5.41) is 2.04. The molecule has 170 valence electrons. The molecule has 0 radical (unpaired) electrons. The Kier molecular flexibility index (Phi) is 6.78. The third-order valence-corrected chi connectivity index (χ3v) is 5.23. The Morgan fingerprint density at radius 2 is 1.29 bits per heavy atom. The molecular formula is C17H7Br2F10NO. The lowest BCUT2D eigenvalue weighted by atomic mass is 9.87. The fourth-order valence-corrected chi connectivity index (χ4v) is 3.82. The van der Waals surface area contributed by atoms with Gasteiger partial charge in [0.05, 0.1) is 11.3 Å². The van der Waals surface area contributed by atoms with Crippen molar-refractivity contribution in [3.8, 4) is 0 Å². The van der Waals surface area contributed by atoms with Gasteiger partial charge >= 0.3 is 23.9 Å². The molecule has 1 N–H and O–H groups in total. The molecule has 0 saturated carbocycles. The highest BCUT2D eigenvalue weighted by molar-refractivity contribution is 9.11. The zero-order valence-corrected chi connectivity index (χ0v) is 17.6. The Hall–Kier alpha value is -1.83. The van der Waals surface area contributed by atoms with Gasteiger partial charge in [-0.1, -0.05) is 12.1 Å². The highest BCUT2D eigenvalue weighted by Gasteiger charge is 2.81. The first kappa shape index (κ1) is 25.4. The number of amides is 1. The minimum absolute atomic E-state index is 0.00879. The van der Waals surface area contributed by atoms with E-state index in [4.69, 9.17) is 0 Å². The van der Waals surface area contributed by atoms with Gasteiger partial charge in [-0.3, -0.25) is 4.79 Å². The van der Waals surface area contributed by atoms with Gasteiger partial charge in [0.2, 0.25) is 0 Å². The average molecular weight is 591 g/mol. The van der Waals surface area contributed by atoms with E-state index in [9.17, 15) is 48.7 Å². The van der Waals surface area contributed by atoms with Crippen molar-refractivity contribution in [2.24, 2.45) is 0 Å². The van der Waals surface area contributed by atoms with Gasteiger partial charge < -0.3 is 5.32 Å². The summed E-state index contributed by atoms with van der Waals surface area (Å²) in [6.07, 6.45) is -13.6. The van der Waals surface area contributed by atoms with Crippen LogP contribution >= 0.6 is 31.9 Å². The molecule has 1 amide bonds. The molecule has 0 heterocycles. The molecule has 0 bridgehead atoms. The van der Waals surface area contributed by atoms with Gasteiger partial charge in [0.25, 0.3) is 5.91 Å². The van der Waals surface area contributed by atoms with Crippen LogP contribution in [0, 0.1) is 5.82 Å². The van der Waals surface area contributed by atoms with Crippen LogP contribution in [0.15, 0.2) is 45.3 Å². The maximum atomic E-state index is 14.6. The summed E-state index contributed by atoms with van der Waals surface area (Å²) < 4.78 is 132. The van der Waals surface area contributed by atoms with E-state index in [2.05, 4.69) is 31.9 Å². The van der Waals surface area contributed by atoms with Crippen LogP contribution in [-0.4, -0.2) is 24.2 Å². The number of alkyl halides is 9. The van der Waals surface area contributed by atoms with Crippen LogP contribution < -0.4 is 5.32 Å². The van der Waals surface area contributed by atoms with Crippen LogP contribution in [0.2, 0.25) is 0 Å². The number of rotatable bonds is 4. The normalized spacial score (nSPS) is 14.8. The minimum Gasteiger partial charge on any atom is -0.320 e. The predicted octanol–water partition coefficient (Wildman–Crippen LogP) is 7.53. The Labute approximate surface area is 183 Å². The Morgan fingerprint density at radius 1 is 0.806 bits per heavy atom. The number of benzene rings is 2. The molecule has 0 fully saturated rings. The van der Waals surface area contributed by atoms with Crippen LogP contribution in [0.3, 0.4) is 0 Å². The van der Waals surface area contributed by atoms with Crippen molar-refractivity contribution in [2.45, 2.75) is 23.9 Å². The largest absolute Gasteiger partial charge is 0.457 e. The second kappa shape index (κ2) is 8.26. The van der Waals surface area contributed by atoms with Crippen molar-refractivity contribution < 1.29 is 48.7 Å². The number of hydrogen-bond acceptors (Lipinski definition) is 1. The SMILES string of the molecule is O=C(Nc1c(Br)cc(C(F)(C(F)(F)F)C(F)(F)C(F)(F)F)cc1Br)c1ccccc1F. The Balaban J connectivity index is 2.60. The summed E-state index contributed by atoms with van der Waals surface area (Å²) in [7, 11) is 0. The monoisotopic (exact) mass is 589 g/mol. The van der Waals surface area contributed by atoms with E-state index in [-0.39, 0.29) is 12.1 Å². The smallest absolute Gasteiger partial charge is 0.320 e. The lowest BCUT2D eigenvalue weighted by Crippen LogP contribution is -2.59. The number of hydrogen-bond donors (Lipinski definition) is 1. The molecule has 1 atom stereocenters. The van der Waals surface area contributed by atoms with Gasteiger partial charge in [0.1, 0.15) is 5.82 Å². The van der Waals surface area contributed by atoms with E-state index in [1.807, 2.05) is 5.32 Å². The van der Waals surface area contributed by atoms with Crippen molar-refractivity contribution in [3.05, 3.63) is 62.3 Å². The Morgan fingerprint density at radius 3 is 1.71 bits per heavy atom. The maximum absolute atomic E-state index is 14.6. The summed E-state index contributed by atoms with van der Waals surface area (Å²) in [6, 6.07) is 4.52. The number of carbonyl (C=O) groups excluding carboxylic acids is 1. The number of nitrogens with one attached hydrogen (secondary N) is 1.